The quantitative estimate of drug-likeness (QED) is 0.270. The van der Waals surface area contributed by atoms with Crippen LogP contribution in [0.4, 0.5) is 5.69 Å². The predicted molar refractivity (Wildman–Crippen MR) is 59.0 cm³/mol. The lowest BCUT2D eigenvalue weighted by atomic mass is 10.1. The van der Waals surface area contributed by atoms with Crippen molar-refractivity contribution in [1.29, 1.82) is 0 Å². The van der Waals surface area contributed by atoms with Gasteiger partial charge in [0.05, 0.1) is 4.92 Å². The molecule has 0 aromatic heterocycles. The highest BCUT2D eigenvalue weighted by Crippen LogP contribution is 2.28. The first-order chi connectivity index (χ1) is 7.90. The number of rotatable bonds is 4. The van der Waals surface area contributed by atoms with Crippen LogP contribution in [0, 0.1) is 10.1 Å². The number of carbonyl (C=O) groups is 2. The summed E-state index contributed by atoms with van der Waals surface area (Å²) in [6, 6.07) is 3.79. The standard InChI is InChI=1S/C10H8ClNO5/c1-6(13)17-9-4-7(5-10(11)14)2-3-8(9)12(15)16/h2-4H,5H2,1H3. The van der Waals surface area contributed by atoms with Gasteiger partial charge in [-0.1, -0.05) is 6.07 Å². The van der Waals surface area contributed by atoms with Crippen LogP contribution in [0.1, 0.15) is 12.5 Å². The SMILES string of the molecule is CC(=O)Oc1cc(CC(=O)Cl)ccc1[N+](=O)[O-]. The summed E-state index contributed by atoms with van der Waals surface area (Å²) in [7, 11) is 0. The molecule has 17 heavy (non-hydrogen) atoms. The first kappa shape index (κ1) is 13.1. The van der Waals surface area contributed by atoms with E-state index in [4.69, 9.17) is 16.3 Å². The predicted octanol–water partition coefficient (Wildman–Crippen LogP) is 1.83. The van der Waals surface area contributed by atoms with Crippen LogP contribution in [0.3, 0.4) is 0 Å². The maximum Gasteiger partial charge on any atom is 0.311 e. The molecule has 0 bridgehead atoms. The molecule has 0 radical (unpaired) electrons. The zero-order chi connectivity index (χ0) is 13.0. The van der Waals surface area contributed by atoms with Crippen LogP contribution in [0.2, 0.25) is 0 Å². The first-order valence-electron chi connectivity index (χ1n) is 4.54. The van der Waals surface area contributed by atoms with Crippen molar-refractivity contribution in [2.45, 2.75) is 13.3 Å². The third-order valence-corrected chi connectivity index (χ3v) is 1.95. The number of carbonyl (C=O) groups excluding carboxylic acids is 2. The third-order valence-electron chi connectivity index (χ3n) is 1.82. The first-order valence-corrected chi connectivity index (χ1v) is 4.92. The van der Waals surface area contributed by atoms with E-state index in [-0.39, 0.29) is 17.9 Å². The van der Waals surface area contributed by atoms with Crippen molar-refractivity contribution < 1.29 is 19.2 Å². The molecular formula is C10H8ClNO5. The van der Waals surface area contributed by atoms with Crippen molar-refractivity contribution >= 4 is 28.5 Å². The van der Waals surface area contributed by atoms with Gasteiger partial charge in [0.25, 0.3) is 0 Å². The van der Waals surface area contributed by atoms with Crippen LogP contribution in [-0.4, -0.2) is 16.1 Å². The van der Waals surface area contributed by atoms with E-state index in [1.165, 1.54) is 12.1 Å². The molecule has 0 unspecified atom stereocenters. The highest BCUT2D eigenvalue weighted by Gasteiger charge is 2.17. The largest absolute Gasteiger partial charge is 0.419 e. The Morgan fingerprint density at radius 3 is 2.59 bits per heavy atom. The molecule has 7 heteroatoms. The molecule has 0 saturated carbocycles. The van der Waals surface area contributed by atoms with Crippen LogP contribution in [0.15, 0.2) is 18.2 Å². The summed E-state index contributed by atoms with van der Waals surface area (Å²) in [6.45, 7) is 1.13. The minimum atomic E-state index is -0.678. The van der Waals surface area contributed by atoms with E-state index < -0.39 is 16.1 Å². The lowest BCUT2D eigenvalue weighted by Gasteiger charge is -2.04. The smallest absolute Gasteiger partial charge is 0.311 e. The molecule has 1 aromatic carbocycles. The number of benzene rings is 1. The highest BCUT2D eigenvalue weighted by atomic mass is 35.5. The van der Waals surface area contributed by atoms with Crippen molar-refractivity contribution in [2.75, 3.05) is 0 Å². The zero-order valence-electron chi connectivity index (χ0n) is 8.81. The van der Waals surface area contributed by atoms with Crippen LogP contribution in [0.25, 0.3) is 0 Å². The topological polar surface area (TPSA) is 86.5 Å². The van der Waals surface area contributed by atoms with Gasteiger partial charge in [0.2, 0.25) is 11.0 Å². The van der Waals surface area contributed by atoms with Gasteiger partial charge in [0.1, 0.15) is 0 Å². The van der Waals surface area contributed by atoms with Crippen molar-refractivity contribution in [2.24, 2.45) is 0 Å². The fourth-order valence-corrected chi connectivity index (χ4v) is 1.37. The van der Waals surface area contributed by atoms with Gasteiger partial charge in [-0.25, -0.2) is 0 Å². The molecule has 90 valence electrons. The molecule has 0 atom stereocenters. The van der Waals surface area contributed by atoms with Gasteiger partial charge in [-0.05, 0) is 23.2 Å². The number of esters is 1. The van der Waals surface area contributed by atoms with Crippen LogP contribution < -0.4 is 4.74 Å². The van der Waals surface area contributed by atoms with Crippen LogP contribution in [0.5, 0.6) is 5.75 Å². The fraction of sp³-hybridized carbons (Fsp3) is 0.200. The molecule has 1 aromatic rings. The second-order valence-electron chi connectivity index (χ2n) is 3.18. The molecule has 0 amide bonds. The van der Waals surface area contributed by atoms with Gasteiger partial charge in [0.15, 0.2) is 0 Å². The van der Waals surface area contributed by atoms with E-state index in [9.17, 15) is 19.7 Å². The van der Waals surface area contributed by atoms with E-state index in [0.29, 0.717) is 5.56 Å². The summed E-state index contributed by atoms with van der Waals surface area (Å²) in [4.78, 5) is 31.5. The summed E-state index contributed by atoms with van der Waals surface area (Å²) >= 11 is 5.19. The third kappa shape index (κ3) is 3.84. The summed E-state index contributed by atoms with van der Waals surface area (Å²) in [6.07, 6.45) is -0.0895. The number of hydrogen-bond acceptors (Lipinski definition) is 5. The lowest BCUT2D eigenvalue weighted by Crippen LogP contribution is -2.05. The molecule has 0 aliphatic rings. The summed E-state index contributed by atoms with van der Waals surface area (Å²) < 4.78 is 4.69. The van der Waals surface area contributed by atoms with Crippen LogP contribution in [-0.2, 0) is 16.0 Å². The normalized spacial score (nSPS) is 9.76. The number of nitrogens with zero attached hydrogens (tertiary/aromatic N) is 1. The lowest BCUT2D eigenvalue weighted by molar-refractivity contribution is -0.385. The average Bonchev–Trinajstić information content (AvgIpc) is 2.15. The van der Waals surface area contributed by atoms with Crippen molar-refractivity contribution in [3.63, 3.8) is 0 Å². The second kappa shape index (κ2) is 5.40. The molecule has 0 N–H and O–H groups in total. The van der Waals surface area contributed by atoms with Gasteiger partial charge >= 0.3 is 11.7 Å². The molecule has 0 aliphatic carbocycles. The number of ether oxygens (including phenoxy) is 1. The van der Waals surface area contributed by atoms with E-state index in [1.54, 1.807) is 0 Å². The summed E-state index contributed by atoms with van der Waals surface area (Å²) in [5.41, 5.74) is 0.0952. The van der Waals surface area contributed by atoms with Crippen LogP contribution >= 0.6 is 11.6 Å². The Hall–Kier alpha value is -1.95. The van der Waals surface area contributed by atoms with E-state index in [2.05, 4.69) is 0 Å². The number of hydrogen-bond donors (Lipinski definition) is 0. The highest BCUT2D eigenvalue weighted by molar-refractivity contribution is 6.63. The molecule has 0 fully saturated rings. The fourth-order valence-electron chi connectivity index (χ4n) is 1.22. The minimum absolute atomic E-state index is 0.0895. The summed E-state index contributed by atoms with van der Waals surface area (Å²) in [5.74, 6) is -0.875. The second-order valence-corrected chi connectivity index (χ2v) is 3.61. The summed E-state index contributed by atoms with van der Waals surface area (Å²) in [5, 5.41) is 10.1. The number of nitro groups is 1. The zero-order valence-corrected chi connectivity index (χ0v) is 9.56. The van der Waals surface area contributed by atoms with Crippen molar-refractivity contribution in [1.82, 2.24) is 0 Å². The molecule has 6 nitrogen and oxygen atoms in total. The molecule has 0 aliphatic heterocycles. The molecule has 0 heterocycles. The number of nitro benzene ring substituents is 1. The van der Waals surface area contributed by atoms with E-state index in [1.807, 2.05) is 0 Å². The van der Waals surface area contributed by atoms with E-state index >= 15 is 0 Å². The Morgan fingerprint density at radius 2 is 2.12 bits per heavy atom. The molecule has 1 rings (SSSR count). The molecule has 0 saturated heterocycles. The Morgan fingerprint density at radius 1 is 1.47 bits per heavy atom. The molecular weight excluding hydrogens is 250 g/mol. The molecule has 0 spiro atoms. The van der Waals surface area contributed by atoms with E-state index in [0.717, 1.165) is 13.0 Å². The Balaban J connectivity index is 3.13. The maximum absolute atomic E-state index is 10.8. The maximum atomic E-state index is 10.8. The Bertz CT molecular complexity index is 486. The average molecular weight is 258 g/mol. The monoisotopic (exact) mass is 257 g/mol. The van der Waals surface area contributed by atoms with Gasteiger partial charge in [-0.2, -0.15) is 0 Å². The Labute approximate surface area is 101 Å². The van der Waals surface area contributed by atoms with Crippen molar-refractivity contribution in [3.05, 3.63) is 33.9 Å². The number of halogens is 1. The Kier molecular flexibility index (Phi) is 4.17. The van der Waals surface area contributed by atoms with Gasteiger partial charge in [0, 0.05) is 19.4 Å². The van der Waals surface area contributed by atoms with Crippen molar-refractivity contribution in [3.8, 4) is 5.75 Å². The van der Waals surface area contributed by atoms with Gasteiger partial charge in [-0.15, -0.1) is 0 Å². The minimum Gasteiger partial charge on any atom is -0.419 e. The van der Waals surface area contributed by atoms with Gasteiger partial charge < -0.3 is 4.74 Å². The van der Waals surface area contributed by atoms with Gasteiger partial charge in [-0.3, -0.25) is 19.7 Å².